The highest BCUT2D eigenvalue weighted by Crippen LogP contribution is 2.27. The van der Waals surface area contributed by atoms with Crippen molar-refractivity contribution < 1.29 is 15.0 Å². The number of aromatic nitrogens is 3. The zero-order chi connectivity index (χ0) is 16.9. The molecule has 1 fully saturated rings. The van der Waals surface area contributed by atoms with E-state index in [0.29, 0.717) is 6.54 Å². The Morgan fingerprint density at radius 2 is 2.00 bits per heavy atom. The first-order chi connectivity index (χ1) is 11.7. The van der Waals surface area contributed by atoms with E-state index in [1.807, 2.05) is 4.90 Å². The van der Waals surface area contributed by atoms with Crippen molar-refractivity contribution in [3.8, 4) is 0 Å². The largest absolute Gasteiger partial charge is 0.396 e. The second kappa shape index (κ2) is 8.04. The molecule has 0 aliphatic carbocycles. The first kappa shape index (κ1) is 17.3. The van der Waals surface area contributed by atoms with Crippen molar-refractivity contribution >= 4 is 5.91 Å². The van der Waals surface area contributed by atoms with Crippen LogP contribution in [0, 0.1) is 0 Å². The normalized spacial score (nSPS) is 21.8. The average Bonchev–Trinajstić information content (AvgIpc) is 3.17. The molecule has 8 nitrogen and oxygen atoms in total. The van der Waals surface area contributed by atoms with Crippen molar-refractivity contribution in [2.24, 2.45) is 0 Å². The van der Waals surface area contributed by atoms with Crippen molar-refractivity contribution in [2.45, 2.75) is 38.1 Å². The standard InChI is InChI=1S/C16H27N5O3/c22-10-1-5-19-6-3-14-17-18-16(21(14)9-8-19)13-2-7-20(12-13)15(24)4-11-23/h13,22-23H,1-12H2. The number of hydrogen-bond acceptors (Lipinski definition) is 6. The van der Waals surface area contributed by atoms with Gasteiger partial charge in [-0.15, -0.1) is 10.2 Å². The molecule has 0 spiro atoms. The van der Waals surface area contributed by atoms with Gasteiger partial charge in [0.2, 0.25) is 5.91 Å². The Kier molecular flexibility index (Phi) is 5.80. The highest BCUT2D eigenvalue weighted by molar-refractivity contribution is 5.76. The monoisotopic (exact) mass is 337 g/mol. The molecule has 1 aromatic rings. The van der Waals surface area contributed by atoms with Gasteiger partial charge in [-0.05, 0) is 12.8 Å². The van der Waals surface area contributed by atoms with Crippen LogP contribution in [0.1, 0.15) is 36.8 Å². The Labute approximate surface area is 142 Å². The molecule has 24 heavy (non-hydrogen) atoms. The first-order valence-electron chi connectivity index (χ1n) is 8.86. The van der Waals surface area contributed by atoms with E-state index >= 15 is 0 Å². The fourth-order valence-electron chi connectivity index (χ4n) is 3.66. The van der Waals surface area contributed by atoms with Crippen molar-refractivity contribution in [1.82, 2.24) is 24.6 Å². The van der Waals surface area contributed by atoms with Gasteiger partial charge in [-0.2, -0.15) is 0 Å². The lowest BCUT2D eigenvalue weighted by molar-refractivity contribution is -0.130. The van der Waals surface area contributed by atoms with E-state index in [1.54, 1.807) is 0 Å². The molecule has 3 rings (SSSR count). The summed E-state index contributed by atoms with van der Waals surface area (Å²) >= 11 is 0. The van der Waals surface area contributed by atoms with E-state index in [0.717, 1.165) is 63.6 Å². The van der Waals surface area contributed by atoms with Gasteiger partial charge >= 0.3 is 0 Å². The Bertz CT molecular complexity index is 562. The smallest absolute Gasteiger partial charge is 0.224 e. The summed E-state index contributed by atoms with van der Waals surface area (Å²) < 4.78 is 2.23. The molecule has 2 aliphatic rings. The lowest BCUT2D eigenvalue weighted by Gasteiger charge is -2.19. The Morgan fingerprint density at radius 3 is 2.79 bits per heavy atom. The van der Waals surface area contributed by atoms with Crippen molar-refractivity contribution in [2.75, 3.05) is 45.9 Å². The quantitative estimate of drug-likeness (QED) is 0.707. The number of carbonyl (C=O) groups excluding carboxylic acids is 1. The third-order valence-corrected chi connectivity index (χ3v) is 5.01. The molecule has 2 aliphatic heterocycles. The number of likely N-dealkylation sites (tertiary alicyclic amines) is 1. The molecule has 0 radical (unpaired) electrons. The maximum absolute atomic E-state index is 11.9. The zero-order valence-electron chi connectivity index (χ0n) is 14.1. The number of rotatable bonds is 6. The van der Waals surface area contributed by atoms with Crippen molar-refractivity contribution in [3.63, 3.8) is 0 Å². The minimum Gasteiger partial charge on any atom is -0.396 e. The van der Waals surface area contributed by atoms with Gasteiger partial charge in [-0.3, -0.25) is 4.79 Å². The first-order valence-corrected chi connectivity index (χ1v) is 8.86. The molecule has 0 bridgehead atoms. The highest BCUT2D eigenvalue weighted by atomic mass is 16.3. The topological polar surface area (TPSA) is 94.7 Å². The number of fused-ring (bicyclic) bond motifs is 1. The molecule has 1 saturated heterocycles. The molecule has 3 heterocycles. The summed E-state index contributed by atoms with van der Waals surface area (Å²) in [6.45, 7) is 5.21. The number of aliphatic hydroxyl groups is 2. The van der Waals surface area contributed by atoms with Crippen LogP contribution in [0.3, 0.4) is 0 Å². The molecule has 1 amide bonds. The van der Waals surface area contributed by atoms with E-state index in [2.05, 4.69) is 19.7 Å². The van der Waals surface area contributed by atoms with E-state index in [4.69, 9.17) is 10.2 Å². The van der Waals surface area contributed by atoms with Crippen LogP contribution in [0.5, 0.6) is 0 Å². The third kappa shape index (κ3) is 3.76. The summed E-state index contributed by atoms with van der Waals surface area (Å²) in [5.74, 6) is 2.27. The van der Waals surface area contributed by atoms with E-state index in [1.165, 1.54) is 0 Å². The molecular formula is C16H27N5O3. The second-order valence-electron chi connectivity index (χ2n) is 6.59. The summed E-state index contributed by atoms with van der Waals surface area (Å²) in [5.41, 5.74) is 0. The number of carbonyl (C=O) groups is 1. The van der Waals surface area contributed by atoms with Crippen LogP contribution < -0.4 is 0 Å². The molecule has 0 saturated carbocycles. The molecular weight excluding hydrogens is 310 g/mol. The fourth-order valence-corrected chi connectivity index (χ4v) is 3.66. The third-order valence-electron chi connectivity index (χ3n) is 5.01. The van der Waals surface area contributed by atoms with Crippen LogP contribution in [0.2, 0.25) is 0 Å². The fraction of sp³-hybridized carbons (Fsp3) is 0.812. The molecule has 2 N–H and O–H groups in total. The molecule has 0 aromatic carbocycles. The van der Waals surface area contributed by atoms with E-state index in [9.17, 15) is 4.79 Å². The van der Waals surface area contributed by atoms with Gasteiger partial charge in [-0.25, -0.2) is 0 Å². The van der Waals surface area contributed by atoms with Gasteiger partial charge in [-0.1, -0.05) is 0 Å². The predicted molar refractivity (Wildman–Crippen MR) is 87.5 cm³/mol. The van der Waals surface area contributed by atoms with Crippen molar-refractivity contribution in [3.05, 3.63) is 11.6 Å². The van der Waals surface area contributed by atoms with Crippen molar-refractivity contribution in [1.29, 1.82) is 0 Å². The molecule has 134 valence electrons. The second-order valence-corrected chi connectivity index (χ2v) is 6.59. The van der Waals surface area contributed by atoms with Crippen LogP contribution in [-0.4, -0.2) is 86.6 Å². The highest BCUT2D eigenvalue weighted by Gasteiger charge is 2.31. The number of nitrogens with zero attached hydrogens (tertiary/aromatic N) is 5. The van der Waals surface area contributed by atoms with Crippen LogP contribution in [0.15, 0.2) is 0 Å². The van der Waals surface area contributed by atoms with Gasteiger partial charge in [0.05, 0.1) is 6.61 Å². The zero-order valence-corrected chi connectivity index (χ0v) is 14.1. The lowest BCUT2D eigenvalue weighted by Crippen LogP contribution is -2.30. The van der Waals surface area contributed by atoms with Crippen LogP contribution >= 0.6 is 0 Å². The van der Waals surface area contributed by atoms with E-state index < -0.39 is 0 Å². The summed E-state index contributed by atoms with van der Waals surface area (Å²) in [6.07, 6.45) is 2.78. The summed E-state index contributed by atoms with van der Waals surface area (Å²) in [7, 11) is 0. The van der Waals surface area contributed by atoms with Gasteiger partial charge in [0.25, 0.3) is 0 Å². The van der Waals surface area contributed by atoms with Gasteiger partial charge in [0, 0.05) is 64.6 Å². The van der Waals surface area contributed by atoms with Gasteiger partial charge in [0.15, 0.2) is 0 Å². The van der Waals surface area contributed by atoms with Gasteiger partial charge in [0.1, 0.15) is 11.6 Å². The maximum Gasteiger partial charge on any atom is 0.224 e. The minimum absolute atomic E-state index is 0.0192. The Morgan fingerprint density at radius 1 is 1.12 bits per heavy atom. The summed E-state index contributed by atoms with van der Waals surface area (Å²) in [5, 5.41) is 26.7. The minimum atomic E-state index is -0.0932. The summed E-state index contributed by atoms with van der Waals surface area (Å²) in [6, 6.07) is 0. The SMILES string of the molecule is O=C(CCO)N1CCC(c2nnc3n2CCN(CCCO)CC3)C1. The predicted octanol–water partition coefficient (Wildman–Crippen LogP) is -0.783. The molecule has 8 heteroatoms. The average molecular weight is 337 g/mol. The molecule has 1 unspecified atom stereocenters. The summed E-state index contributed by atoms with van der Waals surface area (Å²) in [4.78, 5) is 16.1. The van der Waals surface area contributed by atoms with Crippen LogP contribution in [-0.2, 0) is 17.8 Å². The maximum atomic E-state index is 11.9. The van der Waals surface area contributed by atoms with E-state index in [-0.39, 0.29) is 31.5 Å². The lowest BCUT2D eigenvalue weighted by atomic mass is 10.1. The molecule has 1 atom stereocenters. The Balaban J connectivity index is 1.64. The number of aliphatic hydroxyl groups excluding tert-OH is 2. The van der Waals surface area contributed by atoms with Crippen LogP contribution in [0.25, 0.3) is 0 Å². The van der Waals surface area contributed by atoms with Crippen LogP contribution in [0.4, 0.5) is 0 Å². The number of amides is 1. The molecule has 1 aromatic heterocycles. The Hall–Kier alpha value is -1.51. The van der Waals surface area contributed by atoms with Gasteiger partial charge < -0.3 is 24.6 Å². The number of hydrogen-bond donors (Lipinski definition) is 2.